The molecular weight excluding hydrogens is 321 g/mol. The number of thiophene rings is 1. The topological polar surface area (TPSA) is 64.2 Å². The maximum Gasteiger partial charge on any atom is 0.390 e. The van der Waals surface area contributed by atoms with Crippen LogP contribution in [-0.2, 0) is 19.7 Å². The summed E-state index contributed by atoms with van der Waals surface area (Å²) in [6, 6.07) is 0. The highest BCUT2D eigenvalue weighted by Gasteiger charge is 2.28. The van der Waals surface area contributed by atoms with Crippen LogP contribution in [0.25, 0.3) is 10.2 Å². The monoisotopic (exact) mass is 336 g/mol. The fraction of sp³-hybridized carbons (Fsp3) is 0.538. The number of aliphatic hydroxyl groups excluding tert-OH is 1. The Morgan fingerprint density at radius 2 is 1.86 bits per heavy atom. The minimum Gasteiger partial charge on any atom is -0.391 e. The normalized spacial score (nSPS) is 12.3. The van der Waals surface area contributed by atoms with Gasteiger partial charge in [0.15, 0.2) is 0 Å². The third-order valence-corrected chi connectivity index (χ3v) is 4.77. The molecule has 0 saturated carbocycles. The van der Waals surface area contributed by atoms with Crippen LogP contribution in [0.1, 0.15) is 23.8 Å². The number of alkyl halides is 3. The summed E-state index contributed by atoms with van der Waals surface area (Å²) in [5, 5.41) is 9.50. The lowest BCUT2D eigenvalue weighted by atomic mass is 10.2. The van der Waals surface area contributed by atoms with Crippen LogP contribution in [0.5, 0.6) is 0 Å². The average Bonchev–Trinajstić information content (AvgIpc) is 2.75. The Balaban J connectivity index is 2.78. The molecule has 0 aliphatic carbocycles. The molecular formula is C13H15F3N2O3S. The molecule has 2 heterocycles. The van der Waals surface area contributed by atoms with E-state index < -0.39 is 30.4 Å². The Hall–Kier alpha value is -1.61. The summed E-state index contributed by atoms with van der Waals surface area (Å²) in [6.45, 7) is 2.39. The molecule has 2 rings (SSSR count). The Morgan fingerprint density at radius 1 is 1.23 bits per heavy atom. The molecule has 0 bridgehead atoms. The number of nitrogens with zero attached hydrogens (tertiary/aromatic N) is 2. The lowest BCUT2D eigenvalue weighted by Gasteiger charge is -2.12. The highest BCUT2D eigenvalue weighted by Crippen LogP contribution is 2.29. The molecule has 0 spiro atoms. The molecule has 0 fully saturated rings. The van der Waals surface area contributed by atoms with Crippen molar-refractivity contribution in [2.75, 3.05) is 0 Å². The van der Waals surface area contributed by atoms with Gasteiger partial charge in [0.1, 0.15) is 4.83 Å². The van der Waals surface area contributed by atoms with Crippen LogP contribution < -0.4 is 11.2 Å². The molecule has 9 heteroatoms. The first-order chi connectivity index (χ1) is 10.2. The van der Waals surface area contributed by atoms with Gasteiger partial charge < -0.3 is 5.11 Å². The molecule has 22 heavy (non-hydrogen) atoms. The Morgan fingerprint density at radius 3 is 2.36 bits per heavy atom. The van der Waals surface area contributed by atoms with Gasteiger partial charge in [-0.25, -0.2) is 4.79 Å². The summed E-state index contributed by atoms with van der Waals surface area (Å²) >= 11 is 0.981. The van der Waals surface area contributed by atoms with Crippen molar-refractivity contribution in [1.29, 1.82) is 0 Å². The Bertz CT molecular complexity index is 817. The largest absolute Gasteiger partial charge is 0.391 e. The molecule has 5 nitrogen and oxygen atoms in total. The maximum absolute atomic E-state index is 12.5. The first kappa shape index (κ1) is 16.8. The van der Waals surface area contributed by atoms with Crippen LogP contribution in [0.3, 0.4) is 0 Å². The van der Waals surface area contributed by atoms with Crippen molar-refractivity contribution in [2.24, 2.45) is 0 Å². The van der Waals surface area contributed by atoms with Gasteiger partial charge in [0.05, 0.1) is 18.4 Å². The van der Waals surface area contributed by atoms with Gasteiger partial charge in [-0.3, -0.25) is 13.9 Å². The van der Waals surface area contributed by atoms with Crippen LogP contribution in [0.4, 0.5) is 13.2 Å². The molecule has 122 valence electrons. The molecule has 0 amide bonds. The number of aryl methyl sites for hydroxylation is 2. The zero-order valence-electron chi connectivity index (χ0n) is 12.0. The number of halogens is 3. The molecule has 0 radical (unpaired) electrons. The molecule has 0 atom stereocenters. The molecule has 1 N–H and O–H groups in total. The standard InChI is InChI=1S/C13H15F3N2O3S/c1-3-17-10(20)9-7(2)8(6-19)22-11(9)18(12(17)21)5-4-13(14,15)16/h19H,3-6H2,1-2H3. The summed E-state index contributed by atoms with van der Waals surface area (Å²) in [5.74, 6) is 0. The van der Waals surface area contributed by atoms with Gasteiger partial charge in [-0.05, 0) is 19.4 Å². The number of hydrogen-bond donors (Lipinski definition) is 1. The van der Waals surface area contributed by atoms with Crippen molar-refractivity contribution < 1.29 is 18.3 Å². The van der Waals surface area contributed by atoms with Crippen LogP contribution in [-0.4, -0.2) is 20.4 Å². The van der Waals surface area contributed by atoms with Crippen LogP contribution in [0, 0.1) is 6.92 Å². The second-order valence-electron chi connectivity index (χ2n) is 4.84. The van der Waals surface area contributed by atoms with Crippen molar-refractivity contribution in [3.63, 3.8) is 0 Å². The number of aromatic nitrogens is 2. The summed E-state index contributed by atoms with van der Waals surface area (Å²) in [7, 11) is 0. The van der Waals surface area contributed by atoms with Gasteiger partial charge >= 0.3 is 11.9 Å². The Labute approximate surface area is 127 Å². The third kappa shape index (κ3) is 2.82. The van der Waals surface area contributed by atoms with Gasteiger partial charge in [0.25, 0.3) is 5.56 Å². The summed E-state index contributed by atoms with van der Waals surface area (Å²) in [5.41, 5.74) is -0.773. The van der Waals surface area contributed by atoms with E-state index in [1.165, 1.54) is 0 Å². The van der Waals surface area contributed by atoms with Crippen molar-refractivity contribution in [2.45, 2.75) is 46.1 Å². The van der Waals surface area contributed by atoms with Gasteiger partial charge in [-0.1, -0.05) is 0 Å². The molecule has 0 aliphatic rings. The highest BCUT2D eigenvalue weighted by molar-refractivity contribution is 7.18. The van der Waals surface area contributed by atoms with Gasteiger partial charge in [-0.2, -0.15) is 13.2 Å². The van der Waals surface area contributed by atoms with Gasteiger partial charge in [-0.15, -0.1) is 11.3 Å². The molecule has 0 aliphatic heterocycles. The molecule has 0 saturated heterocycles. The SMILES string of the molecule is CCn1c(=O)c2c(C)c(CO)sc2n(CCC(F)(F)F)c1=O. The van der Waals surface area contributed by atoms with E-state index in [4.69, 9.17) is 0 Å². The second-order valence-corrected chi connectivity index (χ2v) is 5.92. The van der Waals surface area contributed by atoms with Crippen LogP contribution >= 0.6 is 11.3 Å². The third-order valence-electron chi connectivity index (χ3n) is 3.47. The predicted octanol–water partition coefficient (Wildman–Crippen LogP) is 2.00. The average molecular weight is 336 g/mol. The molecule has 2 aromatic heterocycles. The first-order valence-corrected chi connectivity index (χ1v) is 7.46. The number of hydrogen-bond acceptors (Lipinski definition) is 4. The fourth-order valence-electron chi connectivity index (χ4n) is 2.31. The fourth-order valence-corrected chi connectivity index (χ4v) is 3.48. The van der Waals surface area contributed by atoms with Crippen LogP contribution in [0.2, 0.25) is 0 Å². The zero-order valence-corrected chi connectivity index (χ0v) is 12.8. The first-order valence-electron chi connectivity index (χ1n) is 6.64. The second kappa shape index (κ2) is 5.88. The molecule has 0 unspecified atom stereocenters. The van der Waals surface area contributed by atoms with Crippen LogP contribution in [0.15, 0.2) is 9.59 Å². The van der Waals surface area contributed by atoms with Gasteiger partial charge in [0.2, 0.25) is 0 Å². The van der Waals surface area contributed by atoms with E-state index >= 15 is 0 Å². The lowest BCUT2D eigenvalue weighted by Crippen LogP contribution is -2.39. The van der Waals surface area contributed by atoms with Gasteiger partial charge in [0, 0.05) is 18.0 Å². The lowest BCUT2D eigenvalue weighted by molar-refractivity contribution is -0.136. The van der Waals surface area contributed by atoms with E-state index in [9.17, 15) is 27.9 Å². The highest BCUT2D eigenvalue weighted by atomic mass is 32.1. The van der Waals surface area contributed by atoms with E-state index in [-0.39, 0.29) is 23.4 Å². The summed E-state index contributed by atoms with van der Waals surface area (Å²) in [4.78, 5) is 25.3. The maximum atomic E-state index is 12.5. The smallest absolute Gasteiger partial charge is 0.390 e. The van der Waals surface area contributed by atoms with Crippen molar-refractivity contribution >= 4 is 21.6 Å². The summed E-state index contributed by atoms with van der Waals surface area (Å²) in [6.07, 6.45) is -5.56. The zero-order chi connectivity index (χ0) is 16.7. The van der Waals surface area contributed by atoms with Crippen molar-refractivity contribution in [3.05, 3.63) is 31.3 Å². The summed E-state index contributed by atoms with van der Waals surface area (Å²) < 4.78 is 39.3. The van der Waals surface area contributed by atoms with E-state index in [0.717, 1.165) is 20.5 Å². The van der Waals surface area contributed by atoms with Crippen molar-refractivity contribution in [1.82, 2.24) is 9.13 Å². The molecule has 2 aromatic rings. The van der Waals surface area contributed by atoms with E-state index in [2.05, 4.69) is 0 Å². The quantitative estimate of drug-likeness (QED) is 0.929. The number of fused-ring (bicyclic) bond motifs is 1. The minimum atomic E-state index is -4.40. The minimum absolute atomic E-state index is 0.0728. The Kier molecular flexibility index (Phi) is 4.48. The van der Waals surface area contributed by atoms with Crippen molar-refractivity contribution in [3.8, 4) is 0 Å². The number of rotatable bonds is 4. The number of aliphatic hydroxyl groups is 1. The molecule has 0 aromatic carbocycles. The van der Waals surface area contributed by atoms with E-state index in [1.54, 1.807) is 13.8 Å². The predicted molar refractivity (Wildman–Crippen MR) is 77.4 cm³/mol. The van der Waals surface area contributed by atoms with E-state index in [1.807, 2.05) is 0 Å². The van der Waals surface area contributed by atoms with E-state index in [0.29, 0.717) is 10.4 Å².